The largest absolute Gasteiger partial charge is 0.466 e. The van der Waals surface area contributed by atoms with Crippen LogP contribution in [-0.4, -0.2) is 28.9 Å². The first-order chi connectivity index (χ1) is 11.1. The lowest BCUT2D eigenvalue weighted by molar-refractivity contribution is -0.147. The molecule has 0 aliphatic carbocycles. The second kappa shape index (κ2) is 6.66. The molecule has 0 fully saturated rings. The Balaban J connectivity index is 1.90. The lowest BCUT2D eigenvalue weighted by Gasteiger charge is -2.17. The summed E-state index contributed by atoms with van der Waals surface area (Å²) in [5.41, 5.74) is 0.595. The number of esters is 1. The van der Waals surface area contributed by atoms with Crippen molar-refractivity contribution < 1.29 is 19.7 Å². The lowest BCUT2D eigenvalue weighted by atomic mass is 10.00. The van der Waals surface area contributed by atoms with Crippen molar-refractivity contribution in [2.45, 2.75) is 25.6 Å². The molecule has 0 amide bonds. The van der Waals surface area contributed by atoms with Crippen molar-refractivity contribution in [2.75, 3.05) is 6.61 Å². The summed E-state index contributed by atoms with van der Waals surface area (Å²) in [5, 5.41) is 22.5. The van der Waals surface area contributed by atoms with Crippen molar-refractivity contribution in [2.24, 2.45) is 0 Å². The third-order valence-electron chi connectivity index (χ3n) is 3.79. The van der Waals surface area contributed by atoms with Crippen LogP contribution in [0.4, 0.5) is 0 Å². The third-order valence-corrected chi connectivity index (χ3v) is 4.94. The minimum absolute atomic E-state index is 0.225. The van der Waals surface area contributed by atoms with Crippen LogP contribution in [-0.2, 0) is 9.53 Å². The number of carbonyl (C=O) groups excluding carboxylic acids is 1. The van der Waals surface area contributed by atoms with Gasteiger partial charge in [0.05, 0.1) is 19.1 Å². The second-order valence-corrected chi connectivity index (χ2v) is 6.46. The average Bonchev–Trinajstić information content (AvgIpc) is 2.92. The van der Waals surface area contributed by atoms with Crippen LogP contribution in [0.3, 0.4) is 0 Å². The summed E-state index contributed by atoms with van der Waals surface area (Å²) in [4.78, 5) is 11.4. The molecule has 0 saturated carbocycles. The minimum Gasteiger partial charge on any atom is -0.466 e. The highest BCUT2D eigenvalue weighted by Crippen LogP contribution is 2.35. The molecule has 4 nitrogen and oxygen atoms in total. The van der Waals surface area contributed by atoms with E-state index in [0.717, 1.165) is 15.5 Å². The molecule has 3 aromatic rings. The lowest BCUT2D eigenvalue weighted by Crippen LogP contribution is -2.23. The number of hydrogen-bond donors (Lipinski definition) is 2. The maximum absolute atomic E-state index is 11.4. The fourth-order valence-electron chi connectivity index (χ4n) is 2.65. The molecule has 2 atom stereocenters. The SMILES string of the molecule is CCOC(=O)CC(O)C(O)c1ccc2sc3ccccc3c2c1. The minimum atomic E-state index is -1.18. The predicted molar refractivity (Wildman–Crippen MR) is 91.5 cm³/mol. The number of thiophene rings is 1. The predicted octanol–water partition coefficient (Wildman–Crippen LogP) is 3.40. The molecule has 120 valence electrons. The highest BCUT2D eigenvalue weighted by molar-refractivity contribution is 7.25. The van der Waals surface area contributed by atoms with Gasteiger partial charge in [0.2, 0.25) is 0 Å². The summed E-state index contributed by atoms with van der Waals surface area (Å²) in [6.07, 6.45) is -2.53. The van der Waals surface area contributed by atoms with Crippen LogP contribution in [0.2, 0.25) is 0 Å². The van der Waals surface area contributed by atoms with E-state index in [9.17, 15) is 15.0 Å². The summed E-state index contributed by atoms with van der Waals surface area (Å²) in [5.74, 6) is -0.513. The molecular formula is C18H18O4S. The first-order valence-corrected chi connectivity index (χ1v) is 8.34. The van der Waals surface area contributed by atoms with Gasteiger partial charge < -0.3 is 14.9 Å². The van der Waals surface area contributed by atoms with Crippen molar-refractivity contribution in [1.29, 1.82) is 0 Å². The van der Waals surface area contributed by atoms with Gasteiger partial charge in [-0.25, -0.2) is 0 Å². The van der Waals surface area contributed by atoms with E-state index in [1.54, 1.807) is 24.3 Å². The van der Waals surface area contributed by atoms with E-state index >= 15 is 0 Å². The Bertz CT molecular complexity index is 839. The second-order valence-electron chi connectivity index (χ2n) is 5.38. The number of fused-ring (bicyclic) bond motifs is 3. The summed E-state index contributed by atoms with van der Waals surface area (Å²) in [6, 6.07) is 13.7. The average molecular weight is 330 g/mol. The van der Waals surface area contributed by atoms with Gasteiger partial charge in [0.1, 0.15) is 6.10 Å². The zero-order valence-electron chi connectivity index (χ0n) is 12.7. The van der Waals surface area contributed by atoms with Crippen LogP contribution < -0.4 is 0 Å². The highest BCUT2D eigenvalue weighted by Gasteiger charge is 2.22. The van der Waals surface area contributed by atoms with Crippen molar-refractivity contribution in [3.05, 3.63) is 48.0 Å². The molecule has 3 rings (SSSR count). The molecule has 2 N–H and O–H groups in total. The smallest absolute Gasteiger partial charge is 0.308 e. The Hall–Kier alpha value is -1.95. The maximum atomic E-state index is 11.4. The molecule has 0 aliphatic rings. The fourth-order valence-corrected chi connectivity index (χ4v) is 3.74. The number of aliphatic hydroxyl groups is 2. The molecule has 0 bridgehead atoms. The van der Waals surface area contributed by atoms with Gasteiger partial charge in [-0.3, -0.25) is 4.79 Å². The Morgan fingerprint density at radius 3 is 2.65 bits per heavy atom. The molecule has 5 heteroatoms. The van der Waals surface area contributed by atoms with Gasteiger partial charge in [0, 0.05) is 20.2 Å². The van der Waals surface area contributed by atoms with E-state index in [2.05, 4.69) is 6.07 Å². The summed E-state index contributed by atoms with van der Waals surface area (Å²) in [7, 11) is 0. The Morgan fingerprint density at radius 1 is 1.13 bits per heavy atom. The molecule has 1 aromatic heterocycles. The van der Waals surface area contributed by atoms with Gasteiger partial charge in [0.15, 0.2) is 0 Å². The van der Waals surface area contributed by atoms with Crippen molar-refractivity contribution >= 4 is 37.5 Å². The van der Waals surface area contributed by atoms with Crippen molar-refractivity contribution in [3.63, 3.8) is 0 Å². The van der Waals surface area contributed by atoms with E-state index in [4.69, 9.17) is 4.74 Å². The molecule has 0 aliphatic heterocycles. The van der Waals surface area contributed by atoms with Crippen molar-refractivity contribution in [3.8, 4) is 0 Å². The molecule has 23 heavy (non-hydrogen) atoms. The van der Waals surface area contributed by atoms with Crippen molar-refractivity contribution in [1.82, 2.24) is 0 Å². The number of ether oxygens (including phenoxy) is 1. The van der Waals surface area contributed by atoms with Gasteiger partial charge >= 0.3 is 5.97 Å². The number of hydrogen-bond acceptors (Lipinski definition) is 5. The summed E-state index contributed by atoms with van der Waals surface area (Å²) < 4.78 is 7.11. The Morgan fingerprint density at radius 2 is 1.87 bits per heavy atom. The first-order valence-electron chi connectivity index (χ1n) is 7.53. The molecule has 0 spiro atoms. The van der Waals surface area contributed by atoms with Gasteiger partial charge in [-0.05, 0) is 30.7 Å². The van der Waals surface area contributed by atoms with Crippen LogP contribution in [0.5, 0.6) is 0 Å². The topological polar surface area (TPSA) is 66.8 Å². The van der Waals surface area contributed by atoms with Crippen LogP contribution in [0, 0.1) is 0 Å². The number of rotatable bonds is 5. The summed E-state index contributed by atoms with van der Waals surface area (Å²) in [6.45, 7) is 1.96. The quantitative estimate of drug-likeness (QED) is 0.704. The molecule has 0 radical (unpaired) electrons. The molecule has 2 unspecified atom stereocenters. The van der Waals surface area contributed by atoms with Crippen LogP contribution >= 0.6 is 11.3 Å². The zero-order chi connectivity index (χ0) is 16.4. The zero-order valence-corrected chi connectivity index (χ0v) is 13.5. The number of carbonyl (C=O) groups is 1. The molecule has 2 aromatic carbocycles. The van der Waals surface area contributed by atoms with E-state index in [1.165, 1.54) is 4.70 Å². The maximum Gasteiger partial charge on any atom is 0.308 e. The highest BCUT2D eigenvalue weighted by atomic mass is 32.1. The Kier molecular flexibility index (Phi) is 4.61. The Labute approximate surface area is 137 Å². The van der Waals surface area contributed by atoms with Crippen LogP contribution in [0.25, 0.3) is 20.2 Å². The molecule has 1 heterocycles. The van der Waals surface area contributed by atoms with E-state index in [1.807, 2.05) is 30.3 Å². The molecule has 0 saturated heterocycles. The monoisotopic (exact) mass is 330 g/mol. The normalized spacial score (nSPS) is 14.0. The fraction of sp³-hybridized carbons (Fsp3) is 0.278. The van der Waals surface area contributed by atoms with Gasteiger partial charge in [0.25, 0.3) is 0 Å². The van der Waals surface area contributed by atoms with Crippen LogP contribution in [0.1, 0.15) is 25.0 Å². The summed E-state index contributed by atoms with van der Waals surface area (Å²) >= 11 is 1.69. The molecular weight excluding hydrogens is 312 g/mol. The van der Waals surface area contributed by atoms with E-state index in [0.29, 0.717) is 5.56 Å². The van der Waals surface area contributed by atoms with E-state index < -0.39 is 18.2 Å². The van der Waals surface area contributed by atoms with Crippen LogP contribution in [0.15, 0.2) is 42.5 Å². The van der Waals surface area contributed by atoms with E-state index in [-0.39, 0.29) is 13.0 Å². The standard InChI is InChI=1S/C18H18O4S/c1-2-22-17(20)10-14(19)18(21)11-7-8-16-13(9-11)12-5-3-4-6-15(12)23-16/h3-9,14,18-19,21H,2,10H2,1H3. The number of benzene rings is 2. The first kappa shape index (κ1) is 15.9. The third kappa shape index (κ3) is 3.22. The number of aliphatic hydroxyl groups excluding tert-OH is 2. The van der Waals surface area contributed by atoms with Gasteiger partial charge in [-0.2, -0.15) is 0 Å². The van der Waals surface area contributed by atoms with Gasteiger partial charge in [-0.1, -0.05) is 24.3 Å². The van der Waals surface area contributed by atoms with Gasteiger partial charge in [-0.15, -0.1) is 11.3 Å².